The van der Waals surface area contributed by atoms with Gasteiger partial charge < -0.3 is 4.57 Å². The van der Waals surface area contributed by atoms with Crippen molar-refractivity contribution in [2.75, 3.05) is 0 Å². The Morgan fingerprint density at radius 1 is 1.38 bits per heavy atom. The van der Waals surface area contributed by atoms with Gasteiger partial charge in [-0.2, -0.15) is 0 Å². The fourth-order valence-corrected chi connectivity index (χ4v) is 2.52. The van der Waals surface area contributed by atoms with Gasteiger partial charge in [0.1, 0.15) is 11.6 Å². The molecular formula is C12H12ClN3. The summed E-state index contributed by atoms with van der Waals surface area (Å²) in [7, 11) is 1.98. The van der Waals surface area contributed by atoms with E-state index >= 15 is 0 Å². The van der Waals surface area contributed by atoms with Crippen molar-refractivity contribution in [3.8, 4) is 0 Å². The zero-order valence-corrected chi connectivity index (χ0v) is 9.78. The number of nitrogens with zero attached hydrogens (tertiary/aromatic N) is 3. The van der Waals surface area contributed by atoms with Crippen LogP contribution in [0.15, 0.2) is 24.3 Å². The first-order valence-corrected chi connectivity index (χ1v) is 5.86. The summed E-state index contributed by atoms with van der Waals surface area (Å²) in [5.41, 5.74) is 2.79. The van der Waals surface area contributed by atoms with Gasteiger partial charge in [0.15, 0.2) is 0 Å². The third kappa shape index (κ3) is 1.28. The Labute approximate surface area is 99.1 Å². The van der Waals surface area contributed by atoms with Crippen LogP contribution >= 0.6 is 11.6 Å². The van der Waals surface area contributed by atoms with E-state index in [9.17, 15) is 0 Å². The molecular weight excluding hydrogens is 222 g/mol. The molecule has 16 heavy (non-hydrogen) atoms. The number of hydrogen-bond acceptors (Lipinski definition) is 2. The average molecular weight is 234 g/mol. The topological polar surface area (TPSA) is 30.7 Å². The number of aromatic nitrogens is 3. The molecule has 0 fully saturated rings. The lowest BCUT2D eigenvalue weighted by Crippen LogP contribution is -2.21. The highest BCUT2D eigenvalue weighted by Crippen LogP contribution is 2.38. The highest BCUT2D eigenvalue weighted by Gasteiger charge is 2.30. The summed E-state index contributed by atoms with van der Waals surface area (Å²) >= 11 is 5.79. The SMILES string of the molecule is Cn1c(CCl)nnc1C1Cc2ccccc21. The zero-order chi connectivity index (χ0) is 11.1. The van der Waals surface area contributed by atoms with Crippen molar-refractivity contribution in [3.63, 3.8) is 0 Å². The van der Waals surface area contributed by atoms with Crippen molar-refractivity contribution < 1.29 is 0 Å². The van der Waals surface area contributed by atoms with Crippen molar-refractivity contribution in [1.82, 2.24) is 14.8 Å². The van der Waals surface area contributed by atoms with Gasteiger partial charge in [-0.1, -0.05) is 24.3 Å². The van der Waals surface area contributed by atoms with Crippen LogP contribution < -0.4 is 0 Å². The lowest BCUT2D eigenvalue weighted by Gasteiger charge is -2.29. The molecule has 0 radical (unpaired) electrons. The van der Waals surface area contributed by atoms with Gasteiger partial charge in [0.05, 0.1) is 5.88 Å². The van der Waals surface area contributed by atoms with Gasteiger partial charge >= 0.3 is 0 Å². The van der Waals surface area contributed by atoms with Crippen LogP contribution in [0, 0.1) is 0 Å². The van der Waals surface area contributed by atoms with Gasteiger partial charge in [0.25, 0.3) is 0 Å². The molecule has 1 aromatic carbocycles. The molecule has 0 N–H and O–H groups in total. The first-order valence-electron chi connectivity index (χ1n) is 5.33. The first kappa shape index (κ1) is 9.85. The van der Waals surface area contributed by atoms with Crippen LogP contribution in [0.2, 0.25) is 0 Å². The van der Waals surface area contributed by atoms with Gasteiger partial charge in [0.2, 0.25) is 0 Å². The van der Waals surface area contributed by atoms with Crippen LogP contribution in [0.1, 0.15) is 28.7 Å². The summed E-state index contributed by atoms with van der Waals surface area (Å²) in [6.07, 6.45) is 1.06. The molecule has 0 aliphatic heterocycles. The van der Waals surface area contributed by atoms with Crippen LogP contribution in [0.5, 0.6) is 0 Å². The summed E-state index contributed by atoms with van der Waals surface area (Å²) in [4.78, 5) is 0. The van der Waals surface area contributed by atoms with Crippen LogP contribution in [-0.4, -0.2) is 14.8 Å². The molecule has 3 nitrogen and oxygen atoms in total. The highest BCUT2D eigenvalue weighted by atomic mass is 35.5. The lowest BCUT2D eigenvalue weighted by atomic mass is 9.77. The quantitative estimate of drug-likeness (QED) is 0.745. The Morgan fingerprint density at radius 3 is 2.88 bits per heavy atom. The minimum absolute atomic E-state index is 0.394. The molecule has 3 rings (SSSR count). The maximum Gasteiger partial charge on any atom is 0.147 e. The maximum absolute atomic E-state index is 5.79. The molecule has 4 heteroatoms. The molecule has 0 saturated carbocycles. The van der Waals surface area contributed by atoms with E-state index in [1.807, 2.05) is 11.6 Å². The van der Waals surface area contributed by atoms with Crippen LogP contribution in [0.25, 0.3) is 0 Å². The van der Waals surface area contributed by atoms with E-state index in [-0.39, 0.29) is 0 Å². The Morgan fingerprint density at radius 2 is 2.19 bits per heavy atom. The number of hydrogen-bond donors (Lipinski definition) is 0. The summed E-state index contributed by atoms with van der Waals surface area (Å²) in [5, 5.41) is 8.33. The van der Waals surface area contributed by atoms with Crippen LogP contribution in [0.4, 0.5) is 0 Å². The first-order chi connectivity index (χ1) is 7.81. The van der Waals surface area contributed by atoms with Crippen molar-refractivity contribution in [3.05, 3.63) is 47.0 Å². The second-order valence-electron chi connectivity index (χ2n) is 4.12. The van der Waals surface area contributed by atoms with E-state index < -0.39 is 0 Å². The normalized spacial score (nSPS) is 18.0. The molecule has 0 saturated heterocycles. The predicted molar refractivity (Wildman–Crippen MR) is 62.5 cm³/mol. The highest BCUT2D eigenvalue weighted by molar-refractivity contribution is 6.16. The summed E-state index contributed by atoms with van der Waals surface area (Å²) < 4.78 is 2.01. The summed E-state index contributed by atoms with van der Waals surface area (Å²) in [5.74, 6) is 2.67. The molecule has 1 aromatic heterocycles. The number of rotatable bonds is 2. The molecule has 0 amide bonds. The number of fused-ring (bicyclic) bond motifs is 1. The van der Waals surface area contributed by atoms with Crippen molar-refractivity contribution in [2.24, 2.45) is 7.05 Å². The second-order valence-corrected chi connectivity index (χ2v) is 4.39. The Kier molecular flexibility index (Phi) is 2.21. The Hall–Kier alpha value is -1.35. The van der Waals surface area contributed by atoms with Crippen molar-refractivity contribution in [2.45, 2.75) is 18.2 Å². The van der Waals surface area contributed by atoms with Gasteiger partial charge in [-0.25, -0.2) is 0 Å². The summed E-state index contributed by atoms with van der Waals surface area (Å²) in [6.45, 7) is 0. The molecule has 1 unspecified atom stereocenters. The zero-order valence-electron chi connectivity index (χ0n) is 9.02. The van der Waals surface area contributed by atoms with Crippen molar-refractivity contribution >= 4 is 11.6 Å². The van der Waals surface area contributed by atoms with Gasteiger partial charge in [-0.05, 0) is 17.5 Å². The second kappa shape index (κ2) is 3.59. The smallest absolute Gasteiger partial charge is 0.147 e. The summed E-state index contributed by atoms with van der Waals surface area (Å²) in [6, 6.07) is 8.49. The monoisotopic (exact) mass is 233 g/mol. The minimum Gasteiger partial charge on any atom is -0.317 e. The predicted octanol–water partition coefficient (Wildman–Crippen LogP) is 2.24. The molecule has 0 bridgehead atoms. The van der Waals surface area contributed by atoms with Gasteiger partial charge in [0, 0.05) is 13.0 Å². The third-order valence-corrected chi connectivity index (χ3v) is 3.52. The van der Waals surface area contributed by atoms with E-state index in [1.165, 1.54) is 11.1 Å². The Balaban J connectivity index is 1.99. The maximum atomic E-state index is 5.79. The molecule has 0 spiro atoms. The number of benzene rings is 1. The van der Waals surface area contributed by atoms with Crippen LogP contribution in [0.3, 0.4) is 0 Å². The third-order valence-electron chi connectivity index (χ3n) is 3.28. The van der Waals surface area contributed by atoms with Crippen LogP contribution in [-0.2, 0) is 19.3 Å². The molecule has 82 valence electrons. The Bertz CT molecular complexity index is 533. The van der Waals surface area contributed by atoms with E-state index in [0.717, 1.165) is 18.1 Å². The van der Waals surface area contributed by atoms with Crippen molar-refractivity contribution in [1.29, 1.82) is 0 Å². The fourth-order valence-electron chi connectivity index (χ4n) is 2.28. The number of alkyl halides is 1. The minimum atomic E-state index is 0.394. The van der Waals surface area contributed by atoms with E-state index in [2.05, 4.69) is 34.5 Å². The van der Waals surface area contributed by atoms with E-state index in [0.29, 0.717) is 11.8 Å². The standard InChI is InChI=1S/C12H12ClN3/c1-16-11(7-13)14-15-12(16)10-6-8-4-2-3-5-9(8)10/h2-5,10H,6-7H2,1H3. The molecule has 1 heterocycles. The number of halogens is 1. The van der Waals surface area contributed by atoms with E-state index in [1.54, 1.807) is 0 Å². The van der Waals surface area contributed by atoms with Gasteiger partial charge in [-0.3, -0.25) is 0 Å². The van der Waals surface area contributed by atoms with E-state index in [4.69, 9.17) is 11.6 Å². The fraction of sp³-hybridized carbons (Fsp3) is 0.333. The molecule has 1 aliphatic rings. The molecule has 1 atom stereocenters. The molecule has 2 aromatic rings. The lowest BCUT2D eigenvalue weighted by molar-refractivity contribution is 0.621. The molecule has 1 aliphatic carbocycles. The van der Waals surface area contributed by atoms with Gasteiger partial charge in [-0.15, -0.1) is 21.8 Å². The largest absolute Gasteiger partial charge is 0.317 e. The average Bonchev–Trinajstić information content (AvgIpc) is 2.62.